The van der Waals surface area contributed by atoms with Crippen LogP contribution in [0, 0.1) is 11.3 Å². The summed E-state index contributed by atoms with van der Waals surface area (Å²) in [5.74, 6) is -3.63. The monoisotopic (exact) mass is 431 g/mol. The van der Waals surface area contributed by atoms with Gasteiger partial charge in [-0.15, -0.1) is 11.8 Å². The van der Waals surface area contributed by atoms with E-state index in [1.807, 2.05) is 0 Å². The van der Waals surface area contributed by atoms with E-state index >= 15 is 0 Å². The first kappa shape index (κ1) is 22.0. The molecule has 0 aromatic carbocycles. The number of β-lactam (4-membered cyclic amide) rings is 1. The molecule has 152 valence electrons. The third-order valence-electron chi connectivity index (χ3n) is 3.96. The molecule has 0 saturated carbocycles. The molecule has 0 aliphatic carbocycles. The Labute approximate surface area is 167 Å². The molecule has 28 heavy (non-hydrogen) atoms. The molecule has 0 aromatic heterocycles. The number of thioether (sulfide) groups is 1. The molecule has 0 radical (unpaired) electrons. The maximum absolute atomic E-state index is 12.5. The van der Waals surface area contributed by atoms with E-state index in [2.05, 4.69) is 5.32 Å². The van der Waals surface area contributed by atoms with E-state index in [4.69, 9.17) is 14.7 Å². The van der Waals surface area contributed by atoms with Gasteiger partial charge >= 0.3 is 11.9 Å². The molecule has 5 atom stereocenters. The fourth-order valence-corrected chi connectivity index (χ4v) is 4.62. The number of fused-ring (bicyclic) bond motifs is 1. The molecule has 13 heteroatoms. The number of amides is 2. The number of aliphatic carboxylic acids is 1. The van der Waals surface area contributed by atoms with Crippen LogP contribution in [0.2, 0.25) is 0 Å². The first-order valence-electron chi connectivity index (χ1n) is 7.77. The number of carbonyl (C=O) groups excluding carboxylic acids is 3. The van der Waals surface area contributed by atoms with Crippen LogP contribution in [0.1, 0.15) is 6.92 Å². The Morgan fingerprint density at radius 2 is 2.14 bits per heavy atom. The predicted octanol–water partition coefficient (Wildman–Crippen LogP) is -1.47. The van der Waals surface area contributed by atoms with Crippen LogP contribution in [-0.4, -0.2) is 80.4 Å². The van der Waals surface area contributed by atoms with Gasteiger partial charge in [0.1, 0.15) is 23.2 Å². The molecule has 1 saturated heterocycles. The van der Waals surface area contributed by atoms with Gasteiger partial charge < -0.3 is 24.4 Å². The number of nitrogens with zero attached hydrogens (tertiary/aromatic N) is 2. The van der Waals surface area contributed by atoms with Gasteiger partial charge in [0, 0.05) is 25.4 Å². The number of hydrogen-bond donors (Lipinski definition) is 2. The molecule has 2 rings (SSSR count). The van der Waals surface area contributed by atoms with Gasteiger partial charge in [-0.05, 0) is 11.2 Å². The highest BCUT2D eigenvalue weighted by molar-refractivity contribution is 8.00. The minimum atomic E-state index is -1.76. The van der Waals surface area contributed by atoms with Crippen molar-refractivity contribution in [3.63, 3.8) is 0 Å². The number of carboxylic acid groups (broad SMARTS) is 1. The zero-order valence-electron chi connectivity index (χ0n) is 15.0. The van der Waals surface area contributed by atoms with Crippen LogP contribution in [0.3, 0.4) is 0 Å². The number of nitrogens with one attached hydrogen (secondary N) is 1. The summed E-state index contributed by atoms with van der Waals surface area (Å²) in [5.41, 5.74) is -0.294. The van der Waals surface area contributed by atoms with Gasteiger partial charge in [0.25, 0.3) is 17.1 Å². The molecule has 11 nitrogen and oxygen atoms in total. The molecule has 2 aliphatic heterocycles. The lowest BCUT2D eigenvalue weighted by molar-refractivity contribution is -0.165. The zero-order chi connectivity index (χ0) is 21.2. The summed E-state index contributed by atoms with van der Waals surface area (Å²) >= 11 is -0.622. The Balaban J connectivity index is 2.26. The summed E-state index contributed by atoms with van der Waals surface area (Å²) in [7, 11) is 1.23. The Hall–Kier alpha value is -2.27. The van der Waals surface area contributed by atoms with Crippen molar-refractivity contribution in [3.05, 3.63) is 11.3 Å². The van der Waals surface area contributed by atoms with Gasteiger partial charge in [-0.2, -0.15) is 5.26 Å². The van der Waals surface area contributed by atoms with Crippen LogP contribution in [0.4, 0.5) is 0 Å². The quantitative estimate of drug-likeness (QED) is 0.210. The molecule has 2 aliphatic rings. The number of ether oxygens (including phenoxy) is 2. The van der Waals surface area contributed by atoms with Crippen LogP contribution < -0.4 is 5.32 Å². The Bertz CT molecular complexity index is 778. The summed E-state index contributed by atoms with van der Waals surface area (Å²) in [6.07, 6.45) is -0.0844. The second-order valence-electron chi connectivity index (χ2n) is 5.76. The average Bonchev–Trinajstić information content (AvgIpc) is 2.62. The Kier molecular flexibility index (Phi) is 6.94. The van der Waals surface area contributed by atoms with Gasteiger partial charge in [-0.3, -0.25) is 19.3 Å². The number of esters is 1. The number of hydrogen-bond acceptors (Lipinski definition) is 9. The lowest BCUT2D eigenvalue weighted by Crippen LogP contribution is -2.71. The molecule has 0 spiro atoms. The molecule has 2 heterocycles. The number of carbonyl (C=O) groups is 4. The highest BCUT2D eigenvalue weighted by Gasteiger charge is 2.55. The molecule has 0 bridgehead atoms. The predicted molar refractivity (Wildman–Crippen MR) is 95.7 cm³/mol. The summed E-state index contributed by atoms with van der Waals surface area (Å²) in [4.78, 5) is 48.5. The standard InChI is InChI=1S/C15H17N3O8S2/c1-6(19)26-15(25-2)7-5-27-13-9(12(21)18(13)10(7)14(22)23)17-11(20)8(4-16)28(3)24/h8-9,13,15H,5H2,1-3H3,(H,17,20)(H,22,23)/t8?,9-,13+,15?,28?/m0/s1. The van der Waals surface area contributed by atoms with E-state index < -0.39 is 57.9 Å². The van der Waals surface area contributed by atoms with Crippen LogP contribution in [0.25, 0.3) is 0 Å². The van der Waals surface area contributed by atoms with Gasteiger partial charge in [0.2, 0.25) is 6.29 Å². The largest absolute Gasteiger partial charge is 0.615 e. The van der Waals surface area contributed by atoms with E-state index in [0.29, 0.717) is 0 Å². The summed E-state index contributed by atoms with van der Waals surface area (Å²) in [6.45, 7) is 1.13. The van der Waals surface area contributed by atoms with E-state index in [9.17, 15) is 28.8 Å². The van der Waals surface area contributed by atoms with Crippen molar-refractivity contribution in [2.45, 2.75) is 29.9 Å². The summed E-state index contributed by atoms with van der Waals surface area (Å²) < 4.78 is 21.4. The SMILES string of the molecule is COC(OC(C)=O)C1=C(C(=O)O)N2C(=O)[C@H](NC(=O)C(C#N)[S+](C)[O-])[C@H]2SC1. The van der Waals surface area contributed by atoms with E-state index in [-0.39, 0.29) is 17.0 Å². The van der Waals surface area contributed by atoms with Gasteiger partial charge in [-0.1, -0.05) is 0 Å². The molecular formula is C15H17N3O8S2. The van der Waals surface area contributed by atoms with E-state index in [0.717, 1.165) is 23.6 Å². The Morgan fingerprint density at radius 3 is 2.61 bits per heavy atom. The number of rotatable bonds is 7. The second-order valence-corrected chi connectivity index (χ2v) is 8.33. The minimum Gasteiger partial charge on any atom is -0.615 e. The van der Waals surface area contributed by atoms with Crippen molar-refractivity contribution in [2.24, 2.45) is 0 Å². The Morgan fingerprint density at radius 1 is 1.50 bits per heavy atom. The molecule has 1 fully saturated rings. The lowest BCUT2D eigenvalue weighted by atomic mass is 10.0. The van der Waals surface area contributed by atoms with Crippen molar-refractivity contribution in [1.82, 2.24) is 10.2 Å². The van der Waals surface area contributed by atoms with Crippen molar-refractivity contribution in [3.8, 4) is 6.07 Å². The minimum absolute atomic E-state index is 0.0651. The lowest BCUT2D eigenvalue weighted by Gasteiger charge is -2.49. The average molecular weight is 431 g/mol. The van der Waals surface area contributed by atoms with Gasteiger partial charge in [-0.25, -0.2) is 4.79 Å². The molecule has 3 unspecified atom stereocenters. The first-order chi connectivity index (χ1) is 13.1. The summed E-state index contributed by atoms with van der Waals surface area (Å²) in [6, 6.07) is 0.537. The van der Waals surface area contributed by atoms with Crippen LogP contribution in [-0.2, 0) is 39.8 Å². The van der Waals surface area contributed by atoms with Crippen molar-refractivity contribution in [1.29, 1.82) is 5.26 Å². The number of methoxy groups -OCH3 is 1. The van der Waals surface area contributed by atoms with Gasteiger partial charge in [0.05, 0.1) is 6.26 Å². The molecule has 0 aromatic rings. The second kappa shape index (κ2) is 8.82. The van der Waals surface area contributed by atoms with Crippen LogP contribution >= 0.6 is 11.8 Å². The van der Waals surface area contributed by atoms with Crippen molar-refractivity contribution in [2.75, 3.05) is 19.1 Å². The topological polar surface area (TPSA) is 169 Å². The molecule has 2 amide bonds. The maximum Gasteiger partial charge on any atom is 0.352 e. The van der Waals surface area contributed by atoms with Crippen molar-refractivity contribution >= 4 is 46.7 Å². The van der Waals surface area contributed by atoms with Crippen LogP contribution in [0.5, 0.6) is 0 Å². The highest BCUT2D eigenvalue weighted by atomic mass is 32.2. The maximum atomic E-state index is 12.5. The van der Waals surface area contributed by atoms with E-state index in [1.165, 1.54) is 13.4 Å². The molecule has 2 N–H and O–H groups in total. The third-order valence-corrected chi connectivity index (χ3v) is 6.24. The normalized spacial score (nSPS) is 24.2. The summed E-state index contributed by atoms with van der Waals surface area (Å²) in [5, 5.41) is 18.7. The molecular weight excluding hydrogens is 414 g/mol. The number of nitriles is 1. The smallest absolute Gasteiger partial charge is 0.352 e. The van der Waals surface area contributed by atoms with Gasteiger partial charge in [0.15, 0.2) is 0 Å². The zero-order valence-corrected chi connectivity index (χ0v) is 16.7. The van der Waals surface area contributed by atoms with Crippen LogP contribution in [0.15, 0.2) is 11.3 Å². The highest BCUT2D eigenvalue weighted by Crippen LogP contribution is 2.41. The fourth-order valence-electron chi connectivity index (χ4n) is 2.75. The van der Waals surface area contributed by atoms with Crippen molar-refractivity contribution < 1.29 is 38.3 Å². The van der Waals surface area contributed by atoms with E-state index in [1.54, 1.807) is 6.07 Å². The number of carboxylic acids is 1. The first-order valence-corrected chi connectivity index (χ1v) is 10.4. The third kappa shape index (κ3) is 4.09. The fraction of sp³-hybridized carbons (Fsp3) is 0.533.